The first-order chi connectivity index (χ1) is 16.2. The number of ketones is 1. The van der Waals surface area contributed by atoms with Gasteiger partial charge in [0, 0.05) is 11.3 Å². The number of nitrogens with zero attached hydrogens (tertiary/aromatic N) is 1. The van der Waals surface area contributed by atoms with Crippen molar-refractivity contribution in [1.82, 2.24) is 0 Å². The van der Waals surface area contributed by atoms with Crippen molar-refractivity contribution < 1.29 is 24.5 Å². The second-order valence-corrected chi connectivity index (χ2v) is 8.59. The van der Waals surface area contributed by atoms with Gasteiger partial charge in [0.2, 0.25) is 0 Å². The number of phenols is 1. The number of Topliss-reactive ketones (excluding diaryl/α,β-unsaturated/α-hetero) is 1. The number of aliphatic hydroxyl groups is 1. The van der Waals surface area contributed by atoms with Crippen molar-refractivity contribution in [2.75, 3.05) is 11.5 Å². The van der Waals surface area contributed by atoms with E-state index in [1.165, 1.54) is 17.0 Å². The minimum Gasteiger partial charge on any atom is -0.507 e. The summed E-state index contributed by atoms with van der Waals surface area (Å²) >= 11 is 6.18. The van der Waals surface area contributed by atoms with Crippen LogP contribution in [0, 0.1) is 13.8 Å². The minimum absolute atomic E-state index is 0.0698. The number of halogens is 1. The lowest BCUT2D eigenvalue weighted by Gasteiger charge is -2.26. The van der Waals surface area contributed by atoms with Gasteiger partial charge in [-0.05, 0) is 73.9 Å². The molecule has 4 rings (SSSR count). The minimum atomic E-state index is -0.949. The van der Waals surface area contributed by atoms with Crippen LogP contribution in [0.25, 0.3) is 5.76 Å². The van der Waals surface area contributed by atoms with Crippen LogP contribution in [0.1, 0.15) is 35.2 Å². The van der Waals surface area contributed by atoms with Crippen LogP contribution in [0.5, 0.6) is 11.5 Å². The number of phenolic OH excluding ortho intramolecular Hbond substituents is 1. The lowest BCUT2D eigenvalue weighted by molar-refractivity contribution is -0.132. The largest absolute Gasteiger partial charge is 0.507 e. The van der Waals surface area contributed by atoms with E-state index in [1.807, 2.05) is 39.0 Å². The summed E-state index contributed by atoms with van der Waals surface area (Å²) in [5.41, 5.74) is 3.12. The Hall–Kier alpha value is -3.77. The van der Waals surface area contributed by atoms with Crippen molar-refractivity contribution >= 4 is 34.7 Å². The van der Waals surface area contributed by atoms with Gasteiger partial charge in [0.25, 0.3) is 11.7 Å². The number of hydrogen-bond donors (Lipinski definition) is 2. The standard InChI is InChI=1S/C27H24ClNO5/c1-4-34-20-7-5-6-18(13-20)25(31)23-24(17-8-9-22(30)21(28)14-17)29(27(33)26(23)32)19-11-15(2)10-16(3)12-19/h5-14,24,30-31H,4H2,1-3H3/b25-23-. The topological polar surface area (TPSA) is 87.1 Å². The van der Waals surface area contributed by atoms with Crippen molar-refractivity contribution in [1.29, 1.82) is 0 Å². The average Bonchev–Trinajstić information content (AvgIpc) is 3.05. The molecule has 3 aromatic carbocycles. The molecule has 0 radical (unpaired) electrons. The highest BCUT2D eigenvalue weighted by Crippen LogP contribution is 2.44. The fraction of sp³-hybridized carbons (Fsp3) is 0.185. The molecule has 1 fully saturated rings. The Morgan fingerprint density at radius 2 is 1.74 bits per heavy atom. The van der Waals surface area contributed by atoms with Crippen LogP contribution < -0.4 is 9.64 Å². The van der Waals surface area contributed by atoms with E-state index >= 15 is 0 Å². The van der Waals surface area contributed by atoms with E-state index in [4.69, 9.17) is 16.3 Å². The monoisotopic (exact) mass is 477 g/mol. The average molecular weight is 478 g/mol. The number of hydrogen-bond acceptors (Lipinski definition) is 5. The molecule has 1 aliphatic heterocycles. The summed E-state index contributed by atoms with van der Waals surface area (Å²) in [6.07, 6.45) is 0. The maximum absolute atomic E-state index is 13.3. The van der Waals surface area contributed by atoms with Gasteiger partial charge in [0.1, 0.15) is 17.3 Å². The predicted molar refractivity (Wildman–Crippen MR) is 131 cm³/mol. The van der Waals surface area contributed by atoms with Crippen LogP contribution in [-0.4, -0.2) is 28.5 Å². The van der Waals surface area contributed by atoms with Gasteiger partial charge in [0.15, 0.2) is 0 Å². The van der Waals surface area contributed by atoms with E-state index in [0.29, 0.717) is 29.2 Å². The van der Waals surface area contributed by atoms with Crippen molar-refractivity contribution in [3.63, 3.8) is 0 Å². The molecule has 0 aromatic heterocycles. The molecule has 0 saturated carbocycles. The summed E-state index contributed by atoms with van der Waals surface area (Å²) in [6, 6.07) is 15.8. The Morgan fingerprint density at radius 3 is 2.38 bits per heavy atom. The molecular formula is C27H24ClNO5. The van der Waals surface area contributed by atoms with Crippen LogP contribution in [0.2, 0.25) is 5.02 Å². The molecule has 6 nitrogen and oxygen atoms in total. The molecule has 0 spiro atoms. The highest BCUT2D eigenvalue weighted by atomic mass is 35.5. The second kappa shape index (κ2) is 9.23. The first kappa shape index (κ1) is 23.4. The molecule has 1 saturated heterocycles. The van der Waals surface area contributed by atoms with Crippen molar-refractivity contribution in [3.8, 4) is 11.5 Å². The molecule has 7 heteroatoms. The smallest absolute Gasteiger partial charge is 0.300 e. The molecule has 174 valence electrons. The maximum Gasteiger partial charge on any atom is 0.300 e. The molecule has 1 aliphatic rings. The summed E-state index contributed by atoms with van der Waals surface area (Å²) in [5, 5.41) is 21.3. The molecule has 1 heterocycles. The fourth-order valence-electron chi connectivity index (χ4n) is 4.25. The van der Waals surface area contributed by atoms with Crippen molar-refractivity contribution in [3.05, 3.63) is 93.5 Å². The van der Waals surface area contributed by atoms with Crippen LogP contribution in [0.4, 0.5) is 5.69 Å². The van der Waals surface area contributed by atoms with E-state index in [9.17, 15) is 19.8 Å². The number of carbonyl (C=O) groups excluding carboxylic acids is 2. The SMILES string of the molecule is CCOc1cccc(/C(O)=C2/C(=O)C(=O)N(c3cc(C)cc(C)c3)C2c2ccc(O)c(Cl)c2)c1. The number of amides is 1. The highest BCUT2D eigenvalue weighted by Gasteiger charge is 2.47. The Morgan fingerprint density at radius 1 is 1.03 bits per heavy atom. The Kier molecular flexibility index (Phi) is 6.35. The second-order valence-electron chi connectivity index (χ2n) is 8.19. The van der Waals surface area contributed by atoms with Gasteiger partial charge in [-0.1, -0.05) is 35.9 Å². The molecular weight excluding hydrogens is 454 g/mol. The molecule has 2 N–H and O–H groups in total. The molecule has 0 aliphatic carbocycles. The third-order valence-corrected chi connectivity index (χ3v) is 5.94. The quantitative estimate of drug-likeness (QED) is 0.280. The van der Waals surface area contributed by atoms with Crippen LogP contribution in [0.3, 0.4) is 0 Å². The lowest BCUT2D eigenvalue weighted by atomic mass is 9.94. The summed E-state index contributed by atoms with van der Waals surface area (Å²) in [6.45, 7) is 6.08. The first-order valence-electron chi connectivity index (χ1n) is 10.8. The molecule has 1 unspecified atom stereocenters. The fourth-order valence-corrected chi connectivity index (χ4v) is 4.44. The molecule has 1 atom stereocenters. The normalized spacial score (nSPS) is 17.3. The Bertz CT molecular complexity index is 1310. The zero-order valence-corrected chi connectivity index (χ0v) is 19.8. The van der Waals surface area contributed by atoms with Gasteiger partial charge in [0.05, 0.1) is 23.2 Å². The molecule has 34 heavy (non-hydrogen) atoms. The van der Waals surface area contributed by atoms with Crippen LogP contribution in [0.15, 0.2) is 66.2 Å². The van der Waals surface area contributed by atoms with Crippen LogP contribution in [-0.2, 0) is 9.59 Å². The van der Waals surface area contributed by atoms with Crippen LogP contribution >= 0.6 is 11.6 Å². The Balaban J connectivity index is 1.96. The number of rotatable bonds is 5. The molecule has 1 amide bonds. The molecule has 0 bridgehead atoms. The highest BCUT2D eigenvalue weighted by molar-refractivity contribution is 6.51. The number of ether oxygens (including phenoxy) is 1. The van der Waals surface area contributed by atoms with Crippen molar-refractivity contribution in [2.24, 2.45) is 0 Å². The lowest BCUT2D eigenvalue weighted by Crippen LogP contribution is -2.29. The zero-order chi connectivity index (χ0) is 24.6. The summed E-state index contributed by atoms with van der Waals surface area (Å²) in [7, 11) is 0. The Labute approximate surface area is 202 Å². The third kappa shape index (κ3) is 4.24. The third-order valence-electron chi connectivity index (χ3n) is 5.63. The van der Waals surface area contributed by atoms with Gasteiger partial charge < -0.3 is 14.9 Å². The van der Waals surface area contributed by atoms with Gasteiger partial charge in [-0.15, -0.1) is 0 Å². The number of benzene rings is 3. The summed E-state index contributed by atoms with van der Waals surface area (Å²) in [5.74, 6) is -1.49. The van der Waals surface area contributed by atoms with E-state index in [2.05, 4.69) is 0 Å². The molecule has 3 aromatic rings. The van der Waals surface area contributed by atoms with Gasteiger partial charge in [-0.3, -0.25) is 14.5 Å². The van der Waals surface area contributed by atoms with Crippen molar-refractivity contribution in [2.45, 2.75) is 26.8 Å². The van der Waals surface area contributed by atoms with Gasteiger partial charge in [-0.2, -0.15) is 0 Å². The summed E-state index contributed by atoms with van der Waals surface area (Å²) < 4.78 is 5.52. The number of carbonyl (C=O) groups is 2. The maximum atomic E-state index is 13.3. The zero-order valence-electron chi connectivity index (χ0n) is 19.0. The van der Waals surface area contributed by atoms with E-state index in [1.54, 1.807) is 30.3 Å². The summed E-state index contributed by atoms with van der Waals surface area (Å²) in [4.78, 5) is 28.0. The van der Waals surface area contributed by atoms with Gasteiger partial charge >= 0.3 is 0 Å². The predicted octanol–water partition coefficient (Wildman–Crippen LogP) is 5.69. The number of aliphatic hydroxyl groups excluding tert-OH is 1. The van der Waals surface area contributed by atoms with E-state index < -0.39 is 17.7 Å². The van der Waals surface area contributed by atoms with E-state index in [-0.39, 0.29) is 22.1 Å². The number of aryl methyl sites for hydroxylation is 2. The number of anilines is 1. The first-order valence-corrected chi connectivity index (χ1v) is 11.2. The number of aromatic hydroxyl groups is 1. The van der Waals surface area contributed by atoms with E-state index in [0.717, 1.165) is 11.1 Å². The van der Waals surface area contributed by atoms with Gasteiger partial charge in [-0.25, -0.2) is 0 Å².